The van der Waals surface area contributed by atoms with E-state index in [1.54, 1.807) is 24.3 Å². The summed E-state index contributed by atoms with van der Waals surface area (Å²) in [7, 11) is -3.43. The molecule has 1 aliphatic rings. The fraction of sp³-hybridized carbons (Fsp3) is 0.381. The lowest BCUT2D eigenvalue weighted by atomic mass is 9.97. The standard InChI is InChI=1S/C21H25ClN2O3S/c1-2-16-6-8-20(9-7-16)23-21(25)18-10-12-24(13-11-18)28(26,27)15-17-4-3-5-19(22)14-17/h3-9,14,18H,2,10-13,15H2,1H3,(H,23,25). The van der Waals surface area contributed by atoms with Gasteiger partial charge in [-0.15, -0.1) is 0 Å². The number of sulfonamides is 1. The predicted molar refractivity (Wildman–Crippen MR) is 113 cm³/mol. The second-order valence-corrected chi connectivity index (χ2v) is 9.50. The minimum Gasteiger partial charge on any atom is -0.326 e. The first kappa shape index (κ1) is 20.8. The molecule has 1 aliphatic heterocycles. The number of rotatable bonds is 6. The minimum atomic E-state index is -3.43. The van der Waals surface area contributed by atoms with Crippen molar-refractivity contribution in [3.05, 3.63) is 64.7 Å². The summed E-state index contributed by atoms with van der Waals surface area (Å²) in [6.07, 6.45) is 2.00. The number of nitrogens with zero attached hydrogens (tertiary/aromatic N) is 1. The monoisotopic (exact) mass is 420 g/mol. The van der Waals surface area contributed by atoms with E-state index in [-0.39, 0.29) is 17.6 Å². The lowest BCUT2D eigenvalue weighted by Gasteiger charge is -2.30. The third-order valence-electron chi connectivity index (χ3n) is 5.09. The molecular formula is C21H25ClN2O3S. The summed E-state index contributed by atoms with van der Waals surface area (Å²) in [6, 6.07) is 14.7. The van der Waals surface area contributed by atoms with Gasteiger partial charge in [0.05, 0.1) is 5.75 Å². The number of amides is 1. The van der Waals surface area contributed by atoms with Crippen LogP contribution in [0.3, 0.4) is 0 Å². The van der Waals surface area contributed by atoms with E-state index in [1.807, 2.05) is 24.3 Å². The first-order valence-corrected chi connectivity index (χ1v) is 11.5. The molecule has 1 fully saturated rings. The van der Waals surface area contributed by atoms with Crippen LogP contribution in [0.25, 0.3) is 0 Å². The highest BCUT2D eigenvalue weighted by Gasteiger charge is 2.31. The molecule has 2 aromatic carbocycles. The number of carbonyl (C=O) groups excluding carboxylic acids is 1. The third kappa shape index (κ3) is 5.34. The van der Waals surface area contributed by atoms with Gasteiger partial charge >= 0.3 is 0 Å². The molecule has 0 saturated carbocycles. The van der Waals surface area contributed by atoms with E-state index in [0.717, 1.165) is 12.1 Å². The van der Waals surface area contributed by atoms with Gasteiger partial charge in [-0.1, -0.05) is 42.8 Å². The Balaban J connectivity index is 1.54. The van der Waals surface area contributed by atoms with Crippen molar-refractivity contribution in [3.8, 4) is 0 Å². The van der Waals surface area contributed by atoms with Gasteiger partial charge in [0.2, 0.25) is 15.9 Å². The Morgan fingerprint density at radius 1 is 1.11 bits per heavy atom. The lowest BCUT2D eigenvalue weighted by molar-refractivity contribution is -0.120. The van der Waals surface area contributed by atoms with E-state index in [1.165, 1.54) is 9.87 Å². The summed E-state index contributed by atoms with van der Waals surface area (Å²) >= 11 is 5.94. The van der Waals surface area contributed by atoms with Crippen molar-refractivity contribution in [3.63, 3.8) is 0 Å². The number of benzene rings is 2. The molecule has 0 aliphatic carbocycles. The van der Waals surface area contributed by atoms with Crippen LogP contribution < -0.4 is 5.32 Å². The minimum absolute atomic E-state index is 0.0452. The number of hydrogen-bond acceptors (Lipinski definition) is 3. The van der Waals surface area contributed by atoms with Crippen molar-refractivity contribution in [2.75, 3.05) is 18.4 Å². The Morgan fingerprint density at radius 2 is 1.79 bits per heavy atom. The van der Waals surface area contributed by atoms with Gasteiger partial charge in [-0.3, -0.25) is 4.79 Å². The molecule has 0 atom stereocenters. The molecule has 150 valence electrons. The van der Waals surface area contributed by atoms with Gasteiger partial charge in [0.1, 0.15) is 0 Å². The number of nitrogens with one attached hydrogen (secondary N) is 1. The summed E-state index contributed by atoms with van der Waals surface area (Å²) < 4.78 is 26.8. The highest BCUT2D eigenvalue weighted by Crippen LogP contribution is 2.24. The van der Waals surface area contributed by atoms with Crippen LogP contribution in [-0.2, 0) is 27.0 Å². The van der Waals surface area contributed by atoms with Crippen LogP contribution in [0, 0.1) is 5.92 Å². The van der Waals surface area contributed by atoms with E-state index in [0.29, 0.717) is 36.5 Å². The molecule has 1 amide bonds. The number of piperidine rings is 1. The summed E-state index contributed by atoms with van der Waals surface area (Å²) in [4.78, 5) is 12.5. The summed E-state index contributed by atoms with van der Waals surface area (Å²) in [5, 5.41) is 3.46. The van der Waals surface area contributed by atoms with E-state index >= 15 is 0 Å². The molecule has 0 unspecified atom stereocenters. The summed E-state index contributed by atoms with van der Waals surface area (Å²) in [5.74, 6) is -0.298. The average molecular weight is 421 g/mol. The molecule has 2 aromatic rings. The van der Waals surface area contributed by atoms with Crippen LogP contribution in [0.2, 0.25) is 5.02 Å². The van der Waals surface area contributed by atoms with Crippen LogP contribution >= 0.6 is 11.6 Å². The topological polar surface area (TPSA) is 66.5 Å². The zero-order valence-corrected chi connectivity index (χ0v) is 17.5. The Labute approximate surface area is 171 Å². The first-order chi connectivity index (χ1) is 13.4. The van der Waals surface area contributed by atoms with Crippen molar-refractivity contribution in [1.29, 1.82) is 0 Å². The SMILES string of the molecule is CCc1ccc(NC(=O)C2CCN(S(=O)(=O)Cc3cccc(Cl)c3)CC2)cc1. The van der Waals surface area contributed by atoms with Gasteiger partial charge in [-0.2, -0.15) is 0 Å². The van der Waals surface area contributed by atoms with Gasteiger partial charge < -0.3 is 5.32 Å². The molecule has 28 heavy (non-hydrogen) atoms. The smallest absolute Gasteiger partial charge is 0.227 e. The molecule has 3 rings (SSSR count). The van der Waals surface area contributed by atoms with Gasteiger partial charge in [0.15, 0.2) is 0 Å². The molecule has 1 heterocycles. The Bertz CT molecular complexity index is 921. The molecule has 0 spiro atoms. The van der Waals surface area contributed by atoms with E-state index in [9.17, 15) is 13.2 Å². The molecule has 7 heteroatoms. The lowest BCUT2D eigenvalue weighted by Crippen LogP contribution is -2.41. The average Bonchev–Trinajstić information content (AvgIpc) is 2.68. The molecule has 5 nitrogen and oxygen atoms in total. The van der Waals surface area contributed by atoms with Gasteiger partial charge in [0.25, 0.3) is 0 Å². The number of halogens is 1. The molecule has 0 aromatic heterocycles. The van der Waals surface area contributed by atoms with Crippen LogP contribution in [0.1, 0.15) is 30.9 Å². The van der Waals surface area contributed by atoms with E-state index < -0.39 is 10.0 Å². The Kier molecular flexibility index (Phi) is 6.75. The van der Waals surface area contributed by atoms with Crippen molar-refractivity contribution < 1.29 is 13.2 Å². The largest absolute Gasteiger partial charge is 0.326 e. The van der Waals surface area contributed by atoms with E-state index in [2.05, 4.69) is 12.2 Å². The second-order valence-electron chi connectivity index (χ2n) is 7.10. The number of carbonyl (C=O) groups is 1. The summed E-state index contributed by atoms with van der Waals surface area (Å²) in [5.41, 5.74) is 2.66. The van der Waals surface area contributed by atoms with Gasteiger partial charge in [-0.25, -0.2) is 12.7 Å². The zero-order chi connectivity index (χ0) is 20.1. The molecule has 0 bridgehead atoms. The Hall–Kier alpha value is -1.89. The molecule has 0 radical (unpaired) electrons. The highest BCUT2D eigenvalue weighted by molar-refractivity contribution is 7.88. The Morgan fingerprint density at radius 3 is 2.39 bits per heavy atom. The van der Waals surface area contributed by atoms with E-state index in [4.69, 9.17) is 11.6 Å². The fourth-order valence-corrected chi connectivity index (χ4v) is 5.16. The number of hydrogen-bond donors (Lipinski definition) is 1. The van der Waals surface area contributed by atoms with Crippen molar-refractivity contribution in [2.24, 2.45) is 5.92 Å². The molecule has 1 N–H and O–H groups in total. The van der Waals surface area contributed by atoms with Crippen LogP contribution in [0.15, 0.2) is 48.5 Å². The summed E-state index contributed by atoms with van der Waals surface area (Å²) in [6.45, 7) is 2.80. The van der Waals surface area contributed by atoms with Crippen molar-refractivity contribution in [2.45, 2.75) is 31.9 Å². The number of anilines is 1. The maximum absolute atomic E-state index is 12.7. The van der Waals surface area contributed by atoms with Crippen LogP contribution in [-0.4, -0.2) is 31.7 Å². The maximum Gasteiger partial charge on any atom is 0.227 e. The van der Waals surface area contributed by atoms with Crippen molar-refractivity contribution >= 4 is 33.2 Å². The highest BCUT2D eigenvalue weighted by atomic mass is 35.5. The molecule has 1 saturated heterocycles. The normalized spacial score (nSPS) is 16.1. The van der Waals surface area contributed by atoms with Gasteiger partial charge in [0, 0.05) is 29.7 Å². The van der Waals surface area contributed by atoms with Crippen LogP contribution in [0.4, 0.5) is 5.69 Å². The van der Waals surface area contributed by atoms with Crippen LogP contribution in [0.5, 0.6) is 0 Å². The quantitative estimate of drug-likeness (QED) is 0.765. The zero-order valence-electron chi connectivity index (χ0n) is 15.9. The van der Waals surface area contributed by atoms with Gasteiger partial charge in [-0.05, 0) is 54.7 Å². The maximum atomic E-state index is 12.7. The first-order valence-electron chi connectivity index (χ1n) is 9.49. The number of aryl methyl sites for hydroxylation is 1. The third-order valence-corrected chi connectivity index (χ3v) is 7.17. The van der Waals surface area contributed by atoms with Crippen molar-refractivity contribution in [1.82, 2.24) is 4.31 Å². The second kappa shape index (κ2) is 9.07. The molecular weight excluding hydrogens is 396 g/mol. The predicted octanol–water partition coefficient (Wildman–Crippen LogP) is 4.08. The fourth-order valence-electron chi connectivity index (χ4n) is 3.39.